The number of thiazole rings is 1. The normalized spacial score (nSPS) is 15.1. The fourth-order valence-electron chi connectivity index (χ4n) is 4.46. The van der Waals surface area contributed by atoms with Gasteiger partial charge in [0.05, 0.1) is 33.8 Å². The van der Waals surface area contributed by atoms with Gasteiger partial charge in [0, 0.05) is 15.8 Å². The molecule has 1 N–H and O–H groups in total. The van der Waals surface area contributed by atoms with Crippen molar-refractivity contribution < 1.29 is 19.4 Å². The minimum absolute atomic E-state index is 0.0326. The van der Waals surface area contributed by atoms with E-state index in [9.17, 15) is 14.7 Å². The zero-order valence-corrected chi connectivity index (χ0v) is 26.9. The van der Waals surface area contributed by atoms with E-state index in [-0.39, 0.29) is 10.7 Å². The van der Waals surface area contributed by atoms with Gasteiger partial charge in [0.2, 0.25) is 10.9 Å². The van der Waals surface area contributed by atoms with E-state index in [1.165, 1.54) is 39.3 Å². The van der Waals surface area contributed by atoms with E-state index in [0.717, 1.165) is 18.4 Å². The highest BCUT2D eigenvalue weighted by molar-refractivity contribution is 8.00. The highest BCUT2D eigenvalue weighted by Crippen LogP contribution is 2.45. The molecule has 5 rings (SSSR count). The second-order valence-corrected chi connectivity index (χ2v) is 13.7. The number of ether oxygens (including phenoxy) is 1. The first-order valence-corrected chi connectivity index (χ1v) is 16.4. The van der Waals surface area contributed by atoms with E-state index < -0.39 is 23.5 Å². The van der Waals surface area contributed by atoms with Crippen LogP contribution in [0.15, 0.2) is 58.1 Å². The second-order valence-electron chi connectivity index (χ2n) is 9.47. The van der Waals surface area contributed by atoms with Crippen molar-refractivity contribution in [1.82, 2.24) is 15.2 Å². The number of amides is 1. The summed E-state index contributed by atoms with van der Waals surface area (Å²) >= 11 is 16.2. The molecule has 1 aliphatic heterocycles. The average Bonchev–Trinajstić information content (AvgIpc) is 3.63. The van der Waals surface area contributed by atoms with Crippen LogP contribution >= 0.6 is 57.6 Å². The molecular weight excluding hydrogens is 635 g/mol. The van der Waals surface area contributed by atoms with Crippen molar-refractivity contribution in [1.29, 1.82) is 0 Å². The second kappa shape index (κ2) is 13.1. The summed E-state index contributed by atoms with van der Waals surface area (Å²) in [7, 11) is 0. The molecule has 4 aromatic rings. The summed E-state index contributed by atoms with van der Waals surface area (Å²) in [5.41, 5.74) is 1.98. The number of hydrogen-bond acceptors (Lipinski definition) is 10. The van der Waals surface area contributed by atoms with E-state index in [0.29, 0.717) is 53.6 Å². The van der Waals surface area contributed by atoms with Crippen LogP contribution in [0.5, 0.6) is 5.75 Å². The molecule has 218 valence electrons. The monoisotopic (exact) mass is 660 g/mol. The van der Waals surface area contributed by atoms with Crippen molar-refractivity contribution in [2.24, 2.45) is 0 Å². The highest BCUT2D eigenvalue weighted by atomic mass is 35.5. The van der Waals surface area contributed by atoms with Gasteiger partial charge in [-0.2, -0.15) is 0 Å². The van der Waals surface area contributed by atoms with Gasteiger partial charge in [-0.05, 0) is 55.7 Å². The largest absolute Gasteiger partial charge is 0.503 e. The lowest BCUT2D eigenvalue weighted by atomic mass is 9.95. The number of hydrogen-bond donors (Lipinski definition) is 1. The first-order chi connectivity index (χ1) is 20.2. The molecule has 1 unspecified atom stereocenters. The van der Waals surface area contributed by atoms with Gasteiger partial charge < -0.3 is 9.84 Å². The zero-order valence-electron chi connectivity index (χ0n) is 22.9. The molecular formula is C29H26Cl2N4O4S3. The number of anilines is 1. The van der Waals surface area contributed by atoms with Crippen molar-refractivity contribution in [2.45, 2.75) is 49.7 Å². The third kappa shape index (κ3) is 6.35. The lowest BCUT2D eigenvalue weighted by molar-refractivity contribution is -0.117. The van der Waals surface area contributed by atoms with Crippen molar-refractivity contribution in [3.05, 3.63) is 90.5 Å². The molecule has 13 heteroatoms. The lowest BCUT2D eigenvalue weighted by Gasteiger charge is -2.24. The number of carbonyl (C=O) groups is 2. The fourth-order valence-corrected chi connectivity index (χ4v) is 7.76. The smallest absolute Gasteiger partial charge is 0.296 e. The van der Waals surface area contributed by atoms with Crippen LogP contribution in [0.2, 0.25) is 10.0 Å². The minimum Gasteiger partial charge on any atom is -0.503 e. The maximum Gasteiger partial charge on any atom is 0.296 e. The molecule has 1 aliphatic rings. The van der Waals surface area contributed by atoms with Crippen molar-refractivity contribution in [3.63, 3.8) is 0 Å². The number of benzene rings is 2. The van der Waals surface area contributed by atoms with Crippen LogP contribution in [0, 0.1) is 13.8 Å². The number of aromatic nitrogens is 3. The number of thioether (sulfide) groups is 1. The minimum atomic E-state index is -0.946. The molecule has 8 nitrogen and oxygen atoms in total. The number of rotatable bonds is 11. The first kappa shape index (κ1) is 30.5. The van der Waals surface area contributed by atoms with Gasteiger partial charge in [-0.3, -0.25) is 14.5 Å². The number of unbranched alkanes of at least 4 members (excludes halogenated alkanes) is 1. The van der Waals surface area contributed by atoms with Gasteiger partial charge in [0.25, 0.3) is 5.91 Å². The molecule has 1 atom stereocenters. The van der Waals surface area contributed by atoms with Gasteiger partial charge in [-0.15, -0.1) is 21.5 Å². The Kier molecular flexibility index (Phi) is 9.54. The molecule has 0 radical (unpaired) electrons. The van der Waals surface area contributed by atoms with Crippen LogP contribution in [-0.4, -0.2) is 38.6 Å². The molecule has 0 aliphatic carbocycles. The topological polar surface area (TPSA) is 106 Å². The Labute approximate surface area is 265 Å². The Morgan fingerprint density at radius 1 is 1.14 bits per heavy atom. The van der Waals surface area contributed by atoms with Crippen LogP contribution in [0.1, 0.15) is 57.3 Å². The van der Waals surface area contributed by atoms with Crippen LogP contribution in [-0.2, 0) is 10.5 Å². The zero-order chi connectivity index (χ0) is 30.0. The molecule has 42 heavy (non-hydrogen) atoms. The van der Waals surface area contributed by atoms with Gasteiger partial charge in [0.15, 0.2) is 10.1 Å². The van der Waals surface area contributed by atoms with Crippen molar-refractivity contribution in [2.75, 3.05) is 11.5 Å². The molecule has 2 aromatic carbocycles. The van der Waals surface area contributed by atoms with Crippen LogP contribution in [0.4, 0.5) is 5.13 Å². The summed E-state index contributed by atoms with van der Waals surface area (Å²) in [5, 5.41) is 21.8. The summed E-state index contributed by atoms with van der Waals surface area (Å²) in [6.45, 7) is 6.16. The fraction of sp³-hybridized carbons (Fsp3) is 0.276. The summed E-state index contributed by atoms with van der Waals surface area (Å²) in [6.07, 6.45) is 1.87. The predicted octanol–water partition coefficient (Wildman–Crippen LogP) is 8.17. The van der Waals surface area contributed by atoms with Gasteiger partial charge in [-0.25, -0.2) is 4.98 Å². The number of nitrogens with zero attached hydrogens (tertiary/aromatic N) is 4. The summed E-state index contributed by atoms with van der Waals surface area (Å²) < 4.78 is 6.51. The summed E-state index contributed by atoms with van der Waals surface area (Å²) in [5.74, 6) is -0.691. The Bertz CT molecular complexity index is 1690. The number of ketones is 1. The van der Waals surface area contributed by atoms with E-state index in [4.69, 9.17) is 27.9 Å². The number of Topliss-reactive ketones (excluding diaryl/α,β-unsaturated/α-hetero) is 1. The standard InChI is InChI=1S/C29H26Cl2N4O4S3/c1-4-5-11-39-20-8-6-7-17(12-20)23-22(24(36)26-15(2)32-16(3)41-26)25(37)27(38)35(23)28-33-34-29(42-28)40-14-18-9-10-19(30)13-21(18)31/h6-10,12-13,23,37H,4-5,11,14H2,1-3H3. The Balaban J connectivity index is 1.50. The molecule has 0 saturated carbocycles. The van der Waals surface area contributed by atoms with E-state index >= 15 is 0 Å². The molecule has 1 amide bonds. The van der Waals surface area contributed by atoms with E-state index in [1.807, 2.05) is 12.1 Å². The SMILES string of the molecule is CCCCOc1cccc(C2C(C(=O)c3sc(C)nc3C)=C(O)C(=O)N2c2nnc(SCc3ccc(Cl)cc3Cl)s2)c1. The first-order valence-electron chi connectivity index (χ1n) is 13.1. The number of aliphatic hydroxyl groups is 1. The number of carbonyl (C=O) groups excluding carboxylic acids is 2. The van der Waals surface area contributed by atoms with Crippen LogP contribution in [0.25, 0.3) is 0 Å². The Morgan fingerprint density at radius 2 is 1.95 bits per heavy atom. The number of halogens is 2. The van der Waals surface area contributed by atoms with Crippen molar-refractivity contribution in [3.8, 4) is 5.75 Å². The molecule has 0 spiro atoms. The molecule has 2 aromatic heterocycles. The van der Waals surface area contributed by atoms with Gasteiger partial charge >= 0.3 is 0 Å². The predicted molar refractivity (Wildman–Crippen MR) is 169 cm³/mol. The summed E-state index contributed by atoms with van der Waals surface area (Å²) in [4.78, 5) is 33.6. The lowest BCUT2D eigenvalue weighted by Crippen LogP contribution is -2.31. The number of aryl methyl sites for hydroxylation is 2. The van der Waals surface area contributed by atoms with Gasteiger partial charge in [0.1, 0.15) is 5.75 Å². The summed E-state index contributed by atoms with van der Waals surface area (Å²) in [6, 6.07) is 11.6. The number of aliphatic hydroxyl groups excluding tert-OH is 1. The van der Waals surface area contributed by atoms with Crippen LogP contribution in [0.3, 0.4) is 0 Å². The molecule has 0 bridgehead atoms. The quantitative estimate of drug-likeness (QED) is 0.0743. The molecule has 0 saturated heterocycles. The Morgan fingerprint density at radius 3 is 2.67 bits per heavy atom. The average molecular weight is 662 g/mol. The third-order valence-electron chi connectivity index (χ3n) is 6.47. The maximum atomic E-state index is 13.9. The molecule has 0 fully saturated rings. The maximum absolute atomic E-state index is 13.9. The Hall–Kier alpha value is -2.96. The highest BCUT2D eigenvalue weighted by Gasteiger charge is 2.46. The third-order valence-corrected chi connectivity index (χ3v) is 10.2. The molecule has 3 heterocycles. The van der Waals surface area contributed by atoms with Crippen LogP contribution < -0.4 is 9.64 Å². The van der Waals surface area contributed by atoms with Crippen molar-refractivity contribution >= 4 is 74.5 Å². The van der Waals surface area contributed by atoms with E-state index in [2.05, 4.69) is 22.1 Å². The van der Waals surface area contributed by atoms with E-state index in [1.54, 1.807) is 44.2 Å². The van der Waals surface area contributed by atoms with Gasteiger partial charge in [-0.1, -0.05) is 77.8 Å².